The minimum Gasteiger partial charge on any atom is -0.481 e. The molecule has 1 heterocycles. The summed E-state index contributed by atoms with van der Waals surface area (Å²) in [6.07, 6.45) is 1.43. The van der Waals surface area contributed by atoms with E-state index in [0.29, 0.717) is 0 Å². The zero-order chi connectivity index (χ0) is 20.7. The van der Waals surface area contributed by atoms with Gasteiger partial charge in [0.15, 0.2) is 0 Å². The van der Waals surface area contributed by atoms with Gasteiger partial charge in [0.25, 0.3) is 0 Å². The van der Waals surface area contributed by atoms with Crippen molar-refractivity contribution in [2.45, 2.75) is 31.3 Å². The zero-order valence-electron chi connectivity index (χ0n) is 15.0. The van der Waals surface area contributed by atoms with Gasteiger partial charge in [-0.05, 0) is 18.1 Å². The minimum atomic E-state index is -1.11. The Hall–Kier alpha value is -3.01. The van der Waals surface area contributed by atoms with E-state index in [-0.39, 0.29) is 25.0 Å². The molecule has 2 rings (SSSR count). The number of carboxylic acid groups (broad SMARTS) is 1. The molecule has 0 bridgehead atoms. The van der Waals surface area contributed by atoms with E-state index >= 15 is 0 Å². The quantitative estimate of drug-likeness (QED) is 0.306. The van der Waals surface area contributed by atoms with Crippen molar-refractivity contribution in [3.8, 4) is 0 Å². The van der Waals surface area contributed by atoms with Gasteiger partial charge in [-0.1, -0.05) is 18.2 Å². The second kappa shape index (κ2) is 9.79. The van der Waals surface area contributed by atoms with Gasteiger partial charge in [-0.3, -0.25) is 19.2 Å². The smallest absolute Gasteiger partial charge is 0.303 e. The number of hydrogen-bond donors (Lipinski definition) is 6. The van der Waals surface area contributed by atoms with E-state index in [2.05, 4.69) is 28.2 Å². The summed E-state index contributed by atoms with van der Waals surface area (Å²) in [7, 11) is 0. The van der Waals surface area contributed by atoms with Gasteiger partial charge < -0.3 is 26.5 Å². The summed E-state index contributed by atoms with van der Waals surface area (Å²) in [6, 6.07) is 5.35. The molecular formula is C18H22N4O5S. The van der Waals surface area contributed by atoms with E-state index in [1.807, 2.05) is 24.3 Å². The number of benzene rings is 1. The highest BCUT2D eigenvalue weighted by Crippen LogP contribution is 2.19. The van der Waals surface area contributed by atoms with Crippen molar-refractivity contribution in [2.75, 3.05) is 5.75 Å². The van der Waals surface area contributed by atoms with Crippen LogP contribution in [0.3, 0.4) is 0 Å². The molecule has 6 N–H and O–H groups in total. The average Bonchev–Trinajstić information content (AvgIpc) is 3.07. The van der Waals surface area contributed by atoms with Gasteiger partial charge in [0.1, 0.15) is 12.1 Å². The molecule has 3 amide bonds. The van der Waals surface area contributed by atoms with Crippen LogP contribution in [-0.2, 0) is 25.6 Å². The summed E-state index contributed by atoms with van der Waals surface area (Å²) in [6.45, 7) is 0. The van der Waals surface area contributed by atoms with Crippen molar-refractivity contribution in [1.82, 2.24) is 15.6 Å². The van der Waals surface area contributed by atoms with Gasteiger partial charge in [-0.15, -0.1) is 0 Å². The lowest BCUT2D eigenvalue weighted by molar-refractivity contribution is -0.138. The van der Waals surface area contributed by atoms with Gasteiger partial charge in [-0.25, -0.2) is 0 Å². The third-order valence-electron chi connectivity index (χ3n) is 4.20. The van der Waals surface area contributed by atoms with Gasteiger partial charge in [0.2, 0.25) is 17.7 Å². The third-order valence-corrected chi connectivity index (χ3v) is 4.49. The van der Waals surface area contributed by atoms with Crippen molar-refractivity contribution in [3.05, 3.63) is 36.0 Å². The molecular weight excluding hydrogens is 384 g/mol. The van der Waals surface area contributed by atoms with Gasteiger partial charge >= 0.3 is 5.97 Å². The maximum atomic E-state index is 12.6. The number of carboxylic acids is 1. The monoisotopic (exact) mass is 406 g/mol. The van der Waals surface area contributed by atoms with Gasteiger partial charge in [0.05, 0.1) is 5.75 Å². The Morgan fingerprint density at radius 2 is 1.86 bits per heavy atom. The first-order valence-electron chi connectivity index (χ1n) is 8.58. The average molecular weight is 406 g/mol. The number of rotatable bonds is 10. The highest BCUT2D eigenvalue weighted by molar-refractivity contribution is 7.81. The van der Waals surface area contributed by atoms with Crippen LogP contribution >= 0.6 is 12.6 Å². The molecule has 2 atom stereocenters. The number of aromatic nitrogens is 1. The lowest BCUT2D eigenvalue weighted by Gasteiger charge is -2.21. The second-order valence-electron chi connectivity index (χ2n) is 6.24. The molecule has 0 aliphatic carbocycles. The number of para-hydroxylation sites is 1. The summed E-state index contributed by atoms with van der Waals surface area (Å²) in [5, 5.41) is 14.7. The highest BCUT2D eigenvalue weighted by Gasteiger charge is 2.26. The van der Waals surface area contributed by atoms with Crippen LogP contribution in [0.2, 0.25) is 0 Å². The van der Waals surface area contributed by atoms with Crippen molar-refractivity contribution >= 4 is 47.2 Å². The number of primary amides is 1. The first-order chi connectivity index (χ1) is 13.3. The fraction of sp³-hybridized carbons (Fsp3) is 0.333. The number of carbonyl (C=O) groups excluding carboxylic acids is 3. The Balaban J connectivity index is 2.13. The molecule has 2 aromatic rings. The number of fused-ring (bicyclic) bond motifs is 1. The van der Waals surface area contributed by atoms with Crippen LogP contribution in [-0.4, -0.2) is 51.6 Å². The molecule has 10 heteroatoms. The number of H-pyrrole nitrogens is 1. The van der Waals surface area contributed by atoms with E-state index in [4.69, 9.17) is 10.8 Å². The van der Waals surface area contributed by atoms with E-state index in [1.54, 1.807) is 6.20 Å². The molecule has 0 aliphatic heterocycles. The van der Waals surface area contributed by atoms with E-state index < -0.39 is 35.8 Å². The number of nitrogens with two attached hydrogens (primary N) is 1. The van der Waals surface area contributed by atoms with Gasteiger partial charge in [-0.2, -0.15) is 12.6 Å². The predicted octanol–water partition coefficient (Wildman–Crippen LogP) is -0.0401. The Morgan fingerprint density at radius 3 is 2.50 bits per heavy atom. The number of aromatic amines is 1. The molecule has 0 saturated heterocycles. The lowest BCUT2D eigenvalue weighted by Crippen LogP contribution is -2.53. The summed E-state index contributed by atoms with van der Waals surface area (Å²) in [5.41, 5.74) is 7.11. The minimum absolute atomic E-state index is 0.126. The number of amides is 3. The van der Waals surface area contributed by atoms with Crippen molar-refractivity contribution in [1.29, 1.82) is 0 Å². The van der Waals surface area contributed by atoms with Crippen LogP contribution in [0.25, 0.3) is 10.9 Å². The van der Waals surface area contributed by atoms with Gasteiger partial charge in [0, 0.05) is 29.9 Å². The molecule has 1 aromatic carbocycles. The predicted molar refractivity (Wildman–Crippen MR) is 106 cm³/mol. The molecule has 0 fully saturated rings. The largest absolute Gasteiger partial charge is 0.481 e. The first kappa shape index (κ1) is 21.3. The normalized spacial score (nSPS) is 12.9. The summed E-state index contributed by atoms with van der Waals surface area (Å²) in [4.78, 5) is 49.9. The molecule has 9 nitrogen and oxygen atoms in total. The third kappa shape index (κ3) is 5.74. The Bertz CT molecular complexity index is 882. The highest BCUT2D eigenvalue weighted by atomic mass is 32.1. The zero-order valence-corrected chi connectivity index (χ0v) is 15.9. The van der Waals surface area contributed by atoms with Crippen LogP contribution in [0.15, 0.2) is 30.5 Å². The number of hydrogen-bond acceptors (Lipinski definition) is 5. The molecule has 0 unspecified atom stereocenters. The summed E-state index contributed by atoms with van der Waals surface area (Å²) < 4.78 is 0. The van der Waals surface area contributed by atoms with Crippen LogP contribution in [0.1, 0.15) is 18.4 Å². The Labute approximate surface area is 166 Å². The number of carbonyl (C=O) groups is 4. The molecule has 0 saturated carbocycles. The van der Waals surface area contributed by atoms with E-state index in [1.165, 1.54) is 0 Å². The summed E-state index contributed by atoms with van der Waals surface area (Å²) >= 11 is 3.83. The molecule has 0 spiro atoms. The fourth-order valence-corrected chi connectivity index (χ4v) is 2.88. The number of thiol groups is 1. The number of nitrogens with one attached hydrogen (secondary N) is 3. The maximum absolute atomic E-state index is 12.6. The van der Waals surface area contributed by atoms with E-state index in [0.717, 1.165) is 16.5 Å². The van der Waals surface area contributed by atoms with Crippen molar-refractivity contribution < 1.29 is 24.3 Å². The molecule has 1 aromatic heterocycles. The summed E-state index contributed by atoms with van der Waals surface area (Å²) in [5.74, 6) is -3.22. The van der Waals surface area contributed by atoms with Crippen LogP contribution in [0.5, 0.6) is 0 Å². The Kier molecular flexibility index (Phi) is 7.44. The topological polar surface area (TPSA) is 154 Å². The van der Waals surface area contributed by atoms with Crippen LogP contribution in [0, 0.1) is 0 Å². The molecule has 0 aliphatic rings. The lowest BCUT2D eigenvalue weighted by atomic mass is 10.0. The Morgan fingerprint density at radius 1 is 1.14 bits per heavy atom. The maximum Gasteiger partial charge on any atom is 0.303 e. The molecule has 0 radical (unpaired) electrons. The molecule has 28 heavy (non-hydrogen) atoms. The number of aliphatic carboxylic acids is 1. The van der Waals surface area contributed by atoms with Crippen LogP contribution in [0.4, 0.5) is 0 Å². The molecule has 150 valence electrons. The SMILES string of the molecule is NC(=O)[C@H](Cc1c[nH]c2ccccc12)NC(=O)[C@H](CCC(=O)O)NC(=O)CS. The fourth-order valence-electron chi connectivity index (χ4n) is 2.79. The standard InChI is InChI=1S/C18H22N4O5S/c19-17(26)14(7-10-8-20-12-4-2-1-3-11(10)12)22-18(27)13(5-6-16(24)25)21-15(23)9-28/h1-4,8,13-14,20,28H,5-7,9H2,(H2,19,26)(H,21,23)(H,22,27)(H,24,25)/t13-,14-/m0/s1. The van der Waals surface area contributed by atoms with Crippen molar-refractivity contribution in [2.24, 2.45) is 5.73 Å². The first-order valence-corrected chi connectivity index (χ1v) is 9.21. The van der Waals surface area contributed by atoms with Crippen LogP contribution < -0.4 is 16.4 Å². The second-order valence-corrected chi connectivity index (χ2v) is 6.55. The van der Waals surface area contributed by atoms with Crippen molar-refractivity contribution in [3.63, 3.8) is 0 Å². The van der Waals surface area contributed by atoms with E-state index in [9.17, 15) is 19.2 Å².